The Labute approximate surface area is 148 Å². The van der Waals surface area contributed by atoms with E-state index in [0.29, 0.717) is 23.5 Å². The Hall–Kier alpha value is -3.48. The Balaban J connectivity index is 1.46. The van der Waals surface area contributed by atoms with E-state index in [2.05, 4.69) is 5.32 Å². The van der Waals surface area contributed by atoms with Crippen LogP contribution in [0, 0.1) is 0 Å². The first-order valence-corrected chi connectivity index (χ1v) is 8.13. The van der Waals surface area contributed by atoms with Crippen LogP contribution < -0.4 is 5.32 Å². The number of imide groups is 1. The molecule has 0 aliphatic carbocycles. The van der Waals surface area contributed by atoms with Gasteiger partial charge in [0.15, 0.2) is 0 Å². The van der Waals surface area contributed by atoms with Crippen LogP contribution >= 0.6 is 0 Å². The molecule has 2 heterocycles. The highest BCUT2D eigenvalue weighted by molar-refractivity contribution is 6.20. The summed E-state index contributed by atoms with van der Waals surface area (Å²) in [5.41, 5.74) is 2.79. The molecule has 0 aromatic heterocycles. The first-order valence-electron chi connectivity index (χ1n) is 8.13. The standard InChI is InChI=1S/C19H14N2O5/c22-16-8-6-12-9-11(5-7-15(12)20-16)10-17(23)26-21-18(24)13-3-1-2-4-14(13)19(21)25/h1-5,7,9H,6,8,10H2,(H,20,22). The number of hydrogen-bond donors (Lipinski definition) is 1. The van der Waals surface area contributed by atoms with Crippen LogP contribution in [0.2, 0.25) is 0 Å². The zero-order chi connectivity index (χ0) is 18.3. The topological polar surface area (TPSA) is 92.8 Å². The molecule has 0 bridgehead atoms. The van der Waals surface area contributed by atoms with Gasteiger partial charge in [0.2, 0.25) is 5.91 Å². The molecule has 1 N–H and O–H groups in total. The van der Waals surface area contributed by atoms with Crippen molar-refractivity contribution in [3.05, 3.63) is 64.7 Å². The molecule has 2 aromatic carbocycles. The van der Waals surface area contributed by atoms with E-state index in [-0.39, 0.29) is 23.5 Å². The number of anilines is 1. The maximum atomic E-state index is 12.2. The number of nitrogens with one attached hydrogen (secondary N) is 1. The first kappa shape index (κ1) is 16.0. The first-order chi connectivity index (χ1) is 12.5. The second kappa shape index (κ2) is 6.11. The van der Waals surface area contributed by atoms with Crippen molar-refractivity contribution in [1.29, 1.82) is 0 Å². The summed E-state index contributed by atoms with van der Waals surface area (Å²) < 4.78 is 0. The molecule has 3 amide bonds. The monoisotopic (exact) mass is 350 g/mol. The van der Waals surface area contributed by atoms with Gasteiger partial charge in [0.1, 0.15) is 0 Å². The van der Waals surface area contributed by atoms with Crippen molar-refractivity contribution < 1.29 is 24.0 Å². The van der Waals surface area contributed by atoms with Crippen LogP contribution in [0.25, 0.3) is 0 Å². The van der Waals surface area contributed by atoms with Gasteiger partial charge in [-0.3, -0.25) is 14.4 Å². The van der Waals surface area contributed by atoms with Gasteiger partial charge in [-0.1, -0.05) is 29.3 Å². The number of hydrogen-bond acceptors (Lipinski definition) is 5. The van der Waals surface area contributed by atoms with Crippen LogP contribution in [-0.4, -0.2) is 28.8 Å². The van der Waals surface area contributed by atoms with Crippen LogP contribution in [0.15, 0.2) is 42.5 Å². The molecule has 0 radical (unpaired) electrons. The van der Waals surface area contributed by atoms with Crippen molar-refractivity contribution in [3.63, 3.8) is 0 Å². The molecule has 7 nitrogen and oxygen atoms in total. The van der Waals surface area contributed by atoms with Crippen molar-refractivity contribution >= 4 is 29.4 Å². The molecule has 2 aliphatic rings. The Morgan fingerprint density at radius 3 is 2.38 bits per heavy atom. The van der Waals surface area contributed by atoms with Gasteiger partial charge in [0.05, 0.1) is 17.5 Å². The quantitative estimate of drug-likeness (QED) is 0.853. The number of nitrogens with zero attached hydrogens (tertiary/aromatic N) is 1. The van der Waals surface area contributed by atoms with E-state index < -0.39 is 17.8 Å². The Morgan fingerprint density at radius 1 is 1.00 bits per heavy atom. The summed E-state index contributed by atoms with van der Waals surface area (Å²) in [5, 5.41) is 3.27. The molecule has 0 fully saturated rings. The largest absolute Gasteiger partial charge is 0.337 e. The predicted molar refractivity (Wildman–Crippen MR) is 90.1 cm³/mol. The maximum Gasteiger partial charge on any atom is 0.337 e. The molecule has 2 aliphatic heterocycles. The minimum atomic E-state index is -0.709. The van der Waals surface area contributed by atoms with E-state index in [1.165, 1.54) is 12.1 Å². The minimum absolute atomic E-state index is 0.0321. The SMILES string of the molecule is O=C1CCc2cc(CC(=O)ON3C(=O)c4ccccc4C3=O)ccc2N1. The molecule has 26 heavy (non-hydrogen) atoms. The van der Waals surface area contributed by atoms with E-state index in [0.717, 1.165) is 11.3 Å². The van der Waals surface area contributed by atoms with Gasteiger partial charge in [-0.15, -0.1) is 0 Å². The average Bonchev–Trinajstić information content (AvgIpc) is 2.87. The number of aryl methyl sites for hydroxylation is 1. The molecule has 0 saturated carbocycles. The number of amides is 3. The summed E-state index contributed by atoms with van der Waals surface area (Å²) in [7, 11) is 0. The highest BCUT2D eigenvalue weighted by Crippen LogP contribution is 2.25. The highest BCUT2D eigenvalue weighted by Gasteiger charge is 2.38. The average molecular weight is 350 g/mol. The highest BCUT2D eigenvalue weighted by atomic mass is 16.7. The molecular weight excluding hydrogens is 336 g/mol. The molecule has 2 aromatic rings. The second-order valence-electron chi connectivity index (χ2n) is 6.13. The van der Waals surface area contributed by atoms with Crippen molar-refractivity contribution in [2.45, 2.75) is 19.3 Å². The lowest BCUT2D eigenvalue weighted by Crippen LogP contribution is -2.33. The number of rotatable bonds is 3. The molecular formula is C19H14N2O5. The number of benzene rings is 2. The van der Waals surface area contributed by atoms with E-state index in [4.69, 9.17) is 4.84 Å². The van der Waals surface area contributed by atoms with Gasteiger partial charge in [-0.2, -0.15) is 0 Å². The number of carbonyl (C=O) groups is 4. The van der Waals surface area contributed by atoms with Gasteiger partial charge in [0, 0.05) is 12.1 Å². The van der Waals surface area contributed by atoms with Crippen molar-refractivity contribution in [2.24, 2.45) is 0 Å². The van der Waals surface area contributed by atoms with Gasteiger partial charge >= 0.3 is 5.97 Å². The molecule has 0 unspecified atom stereocenters. The summed E-state index contributed by atoms with van der Waals surface area (Å²) in [6, 6.07) is 11.6. The van der Waals surface area contributed by atoms with Crippen LogP contribution in [0.3, 0.4) is 0 Å². The van der Waals surface area contributed by atoms with Gasteiger partial charge in [-0.25, -0.2) is 4.79 Å². The molecule has 0 spiro atoms. The summed E-state index contributed by atoms with van der Waals surface area (Å²) >= 11 is 0. The molecule has 7 heteroatoms. The lowest BCUT2D eigenvalue weighted by molar-refractivity contribution is -0.167. The molecule has 0 saturated heterocycles. The Bertz CT molecular complexity index is 931. The zero-order valence-corrected chi connectivity index (χ0v) is 13.7. The minimum Gasteiger partial charge on any atom is -0.329 e. The van der Waals surface area contributed by atoms with Crippen molar-refractivity contribution in [3.8, 4) is 0 Å². The molecule has 4 rings (SSSR count). The van der Waals surface area contributed by atoms with Crippen molar-refractivity contribution in [2.75, 3.05) is 5.32 Å². The fraction of sp³-hybridized carbons (Fsp3) is 0.158. The smallest absolute Gasteiger partial charge is 0.329 e. The van der Waals surface area contributed by atoms with Crippen LogP contribution in [-0.2, 0) is 27.3 Å². The van der Waals surface area contributed by atoms with Gasteiger partial charge < -0.3 is 10.2 Å². The summed E-state index contributed by atoms with van der Waals surface area (Å²) in [6.07, 6.45) is 0.910. The van der Waals surface area contributed by atoms with E-state index in [9.17, 15) is 19.2 Å². The fourth-order valence-corrected chi connectivity index (χ4v) is 3.10. The van der Waals surface area contributed by atoms with Gasteiger partial charge in [-0.05, 0) is 35.7 Å². The normalized spacial score (nSPS) is 15.4. The fourth-order valence-electron chi connectivity index (χ4n) is 3.10. The van der Waals surface area contributed by atoms with E-state index >= 15 is 0 Å². The lowest BCUT2D eigenvalue weighted by atomic mass is 9.99. The maximum absolute atomic E-state index is 12.2. The number of hydroxylamine groups is 2. The summed E-state index contributed by atoms with van der Waals surface area (Å²) in [5.74, 6) is -2.03. The van der Waals surface area contributed by atoms with Crippen LogP contribution in [0.5, 0.6) is 0 Å². The van der Waals surface area contributed by atoms with Crippen LogP contribution in [0.4, 0.5) is 5.69 Å². The molecule has 130 valence electrons. The zero-order valence-electron chi connectivity index (χ0n) is 13.7. The number of fused-ring (bicyclic) bond motifs is 2. The Morgan fingerprint density at radius 2 is 1.69 bits per heavy atom. The molecule has 0 atom stereocenters. The second-order valence-corrected chi connectivity index (χ2v) is 6.13. The lowest BCUT2D eigenvalue weighted by Gasteiger charge is -2.17. The number of carbonyl (C=O) groups excluding carboxylic acids is 4. The third kappa shape index (κ3) is 2.73. The van der Waals surface area contributed by atoms with E-state index in [1.807, 2.05) is 6.07 Å². The van der Waals surface area contributed by atoms with E-state index in [1.54, 1.807) is 24.3 Å². The summed E-state index contributed by atoms with van der Waals surface area (Å²) in [4.78, 5) is 53.0. The van der Waals surface area contributed by atoms with Crippen molar-refractivity contribution in [1.82, 2.24) is 5.06 Å². The van der Waals surface area contributed by atoms with Gasteiger partial charge in [0.25, 0.3) is 11.8 Å². The third-order valence-electron chi connectivity index (χ3n) is 4.36. The van der Waals surface area contributed by atoms with Crippen LogP contribution in [0.1, 0.15) is 38.3 Å². The predicted octanol–water partition coefficient (Wildman–Crippen LogP) is 1.87. The summed E-state index contributed by atoms with van der Waals surface area (Å²) in [6.45, 7) is 0. The Kier molecular flexibility index (Phi) is 3.76. The third-order valence-corrected chi connectivity index (χ3v) is 4.36.